The van der Waals surface area contributed by atoms with Crippen molar-refractivity contribution in [3.05, 3.63) is 123 Å². The molecule has 36 heavy (non-hydrogen) atoms. The standard InChI is InChI=1S/C29H25Cl2N3O2/c1-4-34-18-32-17-27(34)29(36-3,20-8-11-22(30)12-9-20)21-10-13-26-25(15-21)24(16-28(35)33(26)2)19-6-5-7-23(31)14-19/h5-18H,4H2,1-3H3. The summed E-state index contributed by atoms with van der Waals surface area (Å²) < 4.78 is 10.1. The zero-order chi connectivity index (χ0) is 25.4. The molecule has 0 amide bonds. The minimum Gasteiger partial charge on any atom is -0.362 e. The van der Waals surface area contributed by atoms with E-state index < -0.39 is 5.60 Å². The zero-order valence-electron chi connectivity index (χ0n) is 20.2. The highest BCUT2D eigenvalue weighted by Crippen LogP contribution is 2.42. The average Bonchev–Trinajstić information content (AvgIpc) is 3.37. The maximum Gasteiger partial charge on any atom is 0.251 e. The average molecular weight is 518 g/mol. The molecule has 5 rings (SSSR count). The van der Waals surface area contributed by atoms with E-state index in [1.54, 1.807) is 31.1 Å². The van der Waals surface area contributed by atoms with Crippen LogP contribution in [-0.2, 0) is 23.9 Å². The van der Waals surface area contributed by atoms with Crippen molar-refractivity contribution in [1.82, 2.24) is 14.1 Å². The van der Waals surface area contributed by atoms with E-state index in [4.69, 9.17) is 27.9 Å². The summed E-state index contributed by atoms with van der Waals surface area (Å²) in [6.07, 6.45) is 3.64. The maximum atomic E-state index is 12.9. The van der Waals surface area contributed by atoms with E-state index in [0.717, 1.165) is 45.4 Å². The monoisotopic (exact) mass is 517 g/mol. The molecule has 0 spiro atoms. The van der Waals surface area contributed by atoms with Gasteiger partial charge < -0.3 is 13.9 Å². The number of ether oxygens (including phenoxy) is 1. The van der Waals surface area contributed by atoms with Gasteiger partial charge in [0.15, 0.2) is 5.60 Å². The Morgan fingerprint density at radius 2 is 1.69 bits per heavy atom. The number of rotatable bonds is 6. The highest BCUT2D eigenvalue weighted by atomic mass is 35.5. The van der Waals surface area contributed by atoms with E-state index in [1.807, 2.05) is 66.9 Å². The molecule has 7 heteroatoms. The fourth-order valence-electron chi connectivity index (χ4n) is 4.93. The van der Waals surface area contributed by atoms with Gasteiger partial charge in [0.25, 0.3) is 5.56 Å². The van der Waals surface area contributed by atoms with Gasteiger partial charge >= 0.3 is 0 Å². The Kier molecular flexibility index (Phi) is 6.47. The number of fused-ring (bicyclic) bond motifs is 1. The number of hydrogen-bond donors (Lipinski definition) is 0. The molecule has 0 saturated carbocycles. The number of hydrogen-bond acceptors (Lipinski definition) is 3. The summed E-state index contributed by atoms with van der Waals surface area (Å²) in [5, 5.41) is 2.16. The lowest BCUT2D eigenvalue weighted by molar-refractivity contribution is 0.0518. The second-order valence-corrected chi connectivity index (χ2v) is 9.53. The van der Waals surface area contributed by atoms with Crippen LogP contribution in [0.25, 0.3) is 22.0 Å². The highest BCUT2D eigenvalue weighted by molar-refractivity contribution is 6.31. The fraction of sp³-hybridized carbons (Fsp3) is 0.172. The van der Waals surface area contributed by atoms with Crippen molar-refractivity contribution < 1.29 is 4.74 Å². The number of nitrogens with zero attached hydrogens (tertiary/aromatic N) is 3. The molecule has 0 N–H and O–H groups in total. The summed E-state index contributed by atoms with van der Waals surface area (Å²) >= 11 is 12.6. The zero-order valence-corrected chi connectivity index (χ0v) is 21.7. The summed E-state index contributed by atoms with van der Waals surface area (Å²) in [5.74, 6) is 0. The van der Waals surface area contributed by atoms with Crippen molar-refractivity contribution in [3.8, 4) is 11.1 Å². The Labute approximate surface area is 219 Å². The van der Waals surface area contributed by atoms with Crippen molar-refractivity contribution >= 4 is 34.1 Å². The number of benzene rings is 3. The normalized spacial score (nSPS) is 13.1. The van der Waals surface area contributed by atoms with Crippen LogP contribution in [-0.4, -0.2) is 21.2 Å². The van der Waals surface area contributed by atoms with E-state index in [-0.39, 0.29) is 5.56 Å². The first-order chi connectivity index (χ1) is 17.4. The third-order valence-corrected chi connectivity index (χ3v) is 7.25. The molecule has 2 heterocycles. The van der Waals surface area contributed by atoms with Crippen molar-refractivity contribution in [1.29, 1.82) is 0 Å². The van der Waals surface area contributed by atoms with Gasteiger partial charge in [0.1, 0.15) is 0 Å². The molecule has 0 aliphatic heterocycles. The SMILES string of the molecule is CCn1cncc1C(OC)(c1ccc(Cl)cc1)c1ccc2c(c1)c(-c1cccc(Cl)c1)cc(=O)n2C. The minimum atomic E-state index is -0.967. The molecule has 3 aromatic carbocycles. The molecule has 0 aliphatic carbocycles. The first-order valence-corrected chi connectivity index (χ1v) is 12.4. The van der Waals surface area contributed by atoms with Gasteiger partial charge in [0, 0.05) is 42.2 Å². The van der Waals surface area contributed by atoms with Crippen LogP contribution in [0.15, 0.2) is 90.1 Å². The Morgan fingerprint density at radius 1 is 0.944 bits per heavy atom. The first kappa shape index (κ1) is 24.3. The van der Waals surface area contributed by atoms with Crippen molar-refractivity contribution in [2.24, 2.45) is 7.05 Å². The molecule has 1 atom stereocenters. The summed E-state index contributed by atoms with van der Waals surface area (Å²) in [4.78, 5) is 17.3. The Hall–Kier alpha value is -3.38. The smallest absolute Gasteiger partial charge is 0.251 e. The second kappa shape index (κ2) is 9.58. The van der Waals surface area contributed by atoms with Crippen molar-refractivity contribution in [3.63, 3.8) is 0 Å². The molecule has 1 unspecified atom stereocenters. The molecule has 182 valence electrons. The lowest BCUT2D eigenvalue weighted by Gasteiger charge is -2.34. The second-order valence-electron chi connectivity index (χ2n) is 8.65. The molecule has 5 nitrogen and oxygen atoms in total. The van der Waals surface area contributed by atoms with Gasteiger partial charge in [-0.05, 0) is 65.6 Å². The lowest BCUT2D eigenvalue weighted by atomic mass is 9.82. The Morgan fingerprint density at radius 3 is 2.39 bits per heavy atom. The quantitative estimate of drug-likeness (QED) is 0.252. The Balaban J connectivity index is 1.87. The van der Waals surface area contributed by atoms with Gasteiger partial charge in [-0.2, -0.15) is 0 Å². The molecule has 0 aliphatic rings. The molecule has 0 radical (unpaired) electrons. The molecule has 0 fully saturated rings. The topological polar surface area (TPSA) is 49.1 Å². The number of imidazole rings is 1. The Bertz CT molecular complexity index is 1620. The number of aryl methyl sites for hydroxylation is 2. The first-order valence-electron chi connectivity index (χ1n) is 11.6. The summed E-state index contributed by atoms with van der Waals surface area (Å²) in [6, 6.07) is 22.9. The van der Waals surface area contributed by atoms with Crippen LogP contribution < -0.4 is 5.56 Å². The van der Waals surface area contributed by atoms with Gasteiger partial charge in [-0.3, -0.25) is 4.79 Å². The van der Waals surface area contributed by atoms with E-state index in [0.29, 0.717) is 10.0 Å². The number of methoxy groups -OCH3 is 1. The highest BCUT2D eigenvalue weighted by Gasteiger charge is 2.39. The van der Waals surface area contributed by atoms with Gasteiger partial charge in [-0.15, -0.1) is 0 Å². The van der Waals surface area contributed by atoms with Crippen LogP contribution in [0.4, 0.5) is 0 Å². The summed E-state index contributed by atoms with van der Waals surface area (Å²) in [7, 11) is 3.48. The molecular formula is C29H25Cl2N3O2. The fourth-order valence-corrected chi connectivity index (χ4v) is 5.24. The molecule has 0 bridgehead atoms. The lowest BCUT2D eigenvalue weighted by Crippen LogP contribution is -2.34. The van der Waals surface area contributed by atoms with E-state index in [2.05, 4.69) is 22.5 Å². The van der Waals surface area contributed by atoms with Gasteiger partial charge in [-0.1, -0.05) is 53.5 Å². The van der Waals surface area contributed by atoms with Crippen LogP contribution in [0.1, 0.15) is 23.7 Å². The predicted molar refractivity (Wildman–Crippen MR) is 146 cm³/mol. The van der Waals surface area contributed by atoms with Crippen molar-refractivity contribution in [2.45, 2.75) is 19.1 Å². The third kappa shape index (κ3) is 3.94. The van der Waals surface area contributed by atoms with Crippen LogP contribution in [0.2, 0.25) is 10.0 Å². The number of pyridine rings is 1. The molecule has 2 aromatic heterocycles. The van der Waals surface area contributed by atoms with Crippen LogP contribution in [0.5, 0.6) is 0 Å². The van der Waals surface area contributed by atoms with Gasteiger partial charge in [0.2, 0.25) is 0 Å². The minimum absolute atomic E-state index is 0.0926. The van der Waals surface area contributed by atoms with Crippen LogP contribution in [0.3, 0.4) is 0 Å². The molecular weight excluding hydrogens is 493 g/mol. The van der Waals surface area contributed by atoms with Crippen LogP contribution in [0, 0.1) is 0 Å². The summed E-state index contributed by atoms with van der Waals surface area (Å²) in [5.41, 5.74) is 4.14. The van der Waals surface area contributed by atoms with Gasteiger partial charge in [0.05, 0.1) is 23.7 Å². The van der Waals surface area contributed by atoms with E-state index in [9.17, 15) is 4.79 Å². The molecule has 0 saturated heterocycles. The number of halogens is 2. The van der Waals surface area contributed by atoms with E-state index in [1.165, 1.54) is 0 Å². The number of aromatic nitrogens is 3. The predicted octanol–water partition coefficient (Wildman–Crippen LogP) is 6.67. The van der Waals surface area contributed by atoms with Crippen molar-refractivity contribution in [2.75, 3.05) is 7.11 Å². The third-order valence-electron chi connectivity index (χ3n) is 6.76. The van der Waals surface area contributed by atoms with E-state index >= 15 is 0 Å². The maximum absolute atomic E-state index is 12.9. The largest absolute Gasteiger partial charge is 0.362 e. The summed E-state index contributed by atoms with van der Waals surface area (Å²) in [6.45, 7) is 2.80. The van der Waals surface area contributed by atoms with Gasteiger partial charge in [-0.25, -0.2) is 4.98 Å². The van der Waals surface area contributed by atoms with Crippen LogP contribution >= 0.6 is 23.2 Å². The molecule has 5 aromatic rings.